The summed E-state index contributed by atoms with van der Waals surface area (Å²) in [4.78, 5) is 10.6. The molecular formula is C6H10O3. The second kappa shape index (κ2) is 2.45. The third-order valence-electron chi connectivity index (χ3n) is 1.61. The molecule has 0 spiro atoms. The van der Waals surface area contributed by atoms with Crippen molar-refractivity contribution in [3.8, 4) is 0 Å². The summed E-state index contributed by atoms with van der Waals surface area (Å²) in [5.74, 6) is -0.416. The SMILES string of the molecule is O=C1C(O)CCC[C@H]1O. The van der Waals surface area contributed by atoms with Gasteiger partial charge in [0.05, 0.1) is 0 Å². The number of Topliss-reactive ketones (excluding diaryl/α,β-unsaturated/α-hetero) is 1. The number of aliphatic hydroxyl groups is 2. The minimum absolute atomic E-state index is 0.416. The predicted octanol–water partition coefficient (Wildman–Crippen LogP) is -0.539. The van der Waals surface area contributed by atoms with Gasteiger partial charge in [-0.2, -0.15) is 0 Å². The van der Waals surface area contributed by atoms with Gasteiger partial charge in [0.2, 0.25) is 0 Å². The van der Waals surface area contributed by atoms with Crippen LogP contribution in [0.5, 0.6) is 0 Å². The van der Waals surface area contributed by atoms with Gasteiger partial charge in [0.1, 0.15) is 12.2 Å². The van der Waals surface area contributed by atoms with E-state index in [0.29, 0.717) is 12.8 Å². The number of ketones is 1. The number of hydrogen-bond acceptors (Lipinski definition) is 3. The minimum atomic E-state index is -0.909. The van der Waals surface area contributed by atoms with E-state index < -0.39 is 18.0 Å². The van der Waals surface area contributed by atoms with E-state index in [1.165, 1.54) is 0 Å². The second-order valence-corrected chi connectivity index (χ2v) is 2.36. The Hall–Kier alpha value is -0.410. The van der Waals surface area contributed by atoms with Crippen LogP contribution in [-0.4, -0.2) is 28.2 Å². The zero-order valence-corrected chi connectivity index (χ0v) is 5.08. The fourth-order valence-corrected chi connectivity index (χ4v) is 1.01. The van der Waals surface area contributed by atoms with Crippen molar-refractivity contribution in [1.82, 2.24) is 0 Å². The summed E-state index contributed by atoms with van der Waals surface area (Å²) >= 11 is 0. The molecule has 0 radical (unpaired) electrons. The first-order valence-corrected chi connectivity index (χ1v) is 3.11. The second-order valence-electron chi connectivity index (χ2n) is 2.36. The van der Waals surface area contributed by atoms with Crippen molar-refractivity contribution in [3.05, 3.63) is 0 Å². The molecule has 0 aromatic rings. The van der Waals surface area contributed by atoms with Crippen molar-refractivity contribution in [1.29, 1.82) is 0 Å². The predicted molar refractivity (Wildman–Crippen MR) is 30.9 cm³/mol. The van der Waals surface area contributed by atoms with Gasteiger partial charge in [-0.25, -0.2) is 0 Å². The van der Waals surface area contributed by atoms with Crippen molar-refractivity contribution in [2.45, 2.75) is 31.5 Å². The van der Waals surface area contributed by atoms with Crippen LogP contribution in [0.15, 0.2) is 0 Å². The molecule has 0 saturated heterocycles. The van der Waals surface area contributed by atoms with E-state index in [1.807, 2.05) is 0 Å². The molecule has 52 valence electrons. The molecule has 1 aliphatic carbocycles. The largest absolute Gasteiger partial charge is 0.385 e. The van der Waals surface area contributed by atoms with Gasteiger partial charge in [0.25, 0.3) is 0 Å². The highest BCUT2D eigenvalue weighted by molar-refractivity contribution is 5.87. The van der Waals surface area contributed by atoms with Gasteiger partial charge >= 0.3 is 0 Å². The lowest BCUT2D eigenvalue weighted by Gasteiger charge is -2.19. The van der Waals surface area contributed by atoms with Crippen LogP contribution in [0.25, 0.3) is 0 Å². The van der Waals surface area contributed by atoms with Crippen molar-refractivity contribution in [3.63, 3.8) is 0 Å². The Morgan fingerprint density at radius 3 is 2.00 bits per heavy atom. The molecule has 1 fully saturated rings. The number of aliphatic hydroxyl groups excluding tert-OH is 2. The average molecular weight is 130 g/mol. The standard InChI is InChI=1S/C6H10O3/c7-4-2-1-3-5(8)6(4)9/h4-5,7-8H,1-3H2/t4-,5?/m1/s1. The quantitative estimate of drug-likeness (QED) is 0.463. The van der Waals surface area contributed by atoms with Gasteiger partial charge in [-0.1, -0.05) is 0 Å². The Morgan fingerprint density at radius 2 is 1.67 bits per heavy atom. The molecule has 0 bridgehead atoms. The van der Waals surface area contributed by atoms with Gasteiger partial charge in [-0.15, -0.1) is 0 Å². The number of carbonyl (C=O) groups excluding carboxylic acids is 1. The summed E-state index contributed by atoms with van der Waals surface area (Å²) in [6.45, 7) is 0. The van der Waals surface area contributed by atoms with Gasteiger partial charge in [0.15, 0.2) is 5.78 Å². The van der Waals surface area contributed by atoms with Crippen molar-refractivity contribution < 1.29 is 15.0 Å². The lowest BCUT2D eigenvalue weighted by Crippen LogP contribution is -2.36. The summed E-state index contributed by atoms with van der Waals surface area (Å²) < 4.78 is 0. The van der Waals surface area contributed by atoms with Gasteiger partial charge < -0.3 is 10.2 Å². The van der Waals surface area contributed by atoms with Gasteiger partial charge in [-0.05, 0) is 19.3 Å². The first kappa shape index (κ1) is 6.71. The molecule has 3 heteroatoms. The molecule has 1 aliphatic rings. The van der Waals surface area contributed by atoms with Crippen molar-refractivity contribution in [2.75, 3.05) is 0 Å². The smallest absolute Gasteiger partial charge is 0.189 e. The fraction of sp³-hybridized carbons (Fsp3) is 0.833. The van der Waals surface area contributed by atoms with Crippen LogP contribution in [-0.2, 0) is 4.79 Å². The van der Waals surface area contributed by atoms with Crippen LogP contribution in [0, 0.1) is 0 Å². The number of hydrogen-bond donors (Lipinski definition) is 2. The molecular weight excluding hydrogens is 120 g/mol. The molecule has 1 rings (SSSR count). The molecule has 2 atom stereocenters. The average Bonchev–Trinajstić information content (AvgIpc) is 1.83. The molecule has 9 heavy (non-hydrogen) atoms. The molecule has 0 amide bonds. The van der Waals surface area contributed by atoms with E-state index in [1.54, 1.807) is 0 Å². The molecule has 3 nitrogen and oxygen atoms in total. The van der Waals surface area contributed by atoms with Crippen LogP contribution < -0.4 is 0 Å². The molecule has 1 unspecified atom stereocenters. The number of rotatable bonds is 0. The monoisotopic (exact) mass is 130 g/mol. The molecule has 1 saturated carbocycles. The Kier molecular flexibility index (Phi) is 1.83. The first-order chi connectivity index (χ1) is 4.22. The zero-order valence-electron chi connectivity index (χ0n) is 5.08. The fourth-order valence-electron chi connectivity index (χ4n) is 1.01. The van der Waals surface area contributed by atoms with E-state index in [2.05, 4.69) is 0 Å². The third-order valence-corrected chi connectivity index (χ3v) is 1.61. The Labute approximate surface area is 53.3 Å². The Bertz CT molecular complexity index is 109. The van der Waals surface area contributed by atoms with Gasteiger partial charge in [0, 0.05) is 0 Å². The van der Waals surface area contributed by atoms with E-state index >= 15 is 0 Å². The maximum absolute atomic E-state index is 10.6. The molecule has 0 aromatic heterocycles. The lowest BCUT2D eigenvalue weighted by molar-refractivity contribution is -0.139. The Balaban J connectivity index is 2.52. The van der Waals surface area contributed by atoms with Crippen LogP contribution in [0.3, 0.4) is 0 Å². The van der Waals surface area contributed by atoms with Crippen LogP contribution >= 0.6 is 0 Å². The van der Waals surface area contributed by atoms with E-state index in [4.69, 9.17) is 10.2 Å². The van der Waals surface area contributed by atoms with E-state index in [0.717, 1.165) is 6.42 Å². The summed E-state index contributed by atoms with van der Waals surface area (Å²) in [5, 5.41) is 17.7. The highest BCUT2D eigenvalue weighted by Crippen LogP contribution is 2.14. The van der Waals surface area contributed by atoms with Gasteiger partial charge in [-0.3, -0.25) is 4.79 Å². The summed E-state index contributed by atoms with van der Waals surface area (Å²) in [6.07, 6.45) is -0.0534. The molecule has 0 aromatic carbocycles. The van der Waals surface area contributed by atoms with Crippen LogP contribution in [0.1, 0.15) is 19.3 Å². The first-order valence-electron chi connectivity index (χ1n) is 3.11. The summed E-state index contributed by atoms with van der Waals surface area (Å²) in [7, 11) is 0. The normalized spacial score (nSPS) is 36.9. The zero-order chi connectivity index (χ0) is 6.85. The van der Waals surface area contributed by atoms with Crippen molar-refractivity contribution in [2.24, 2.45) is 0 Å². The maximum atomic E-state index is 10.6. The molecule has 0 heterocycles. The summed E-state index contributed by atoms with van der Waals surface area (Å²) in [6, 6.07) is 0. The minimum Gasteiger partial charge on any atom is -0.385 e. The van der Waals surface area contributed by atoms with Crippen molar-refractivity contribution >= 4 is 5.78 Å². The third kappa shape index (κ3) is 1.28. The highest BCUT2D eigenvalue weighted by Gasteiger charge is 2.27. The van der Waals surface area contributed by atoms with Crippen LogP contribution in [0.2, 0.25) is 0 Å². The Morgan fingerprint density at radius 1 is 1.22 bits per heavy atom. The topological polar surface area (TPSA) is 57.5 Å². The number of carbonyl (C=O) groups is 1. The molecule has 0 aliphatic heterocycles. The lowest BCUT2D eigenvalue weighted by atomic mass is 9.94. The molecule has 2 N–H and O–H groups in total. The maximum Gasteiger partial charge on any atom is 0.189 e. The highest BCUT2D eigenvalue weighted by atomic mass is 16.3. The van der Waals surface area contributed by atoms with E-state index in [9.17, 15) is 4.79 Å². The summed E-state index contributed by atoms with van der Waals surface area (Å²) in [5.41, 5.74) is 0. The van der Waals surface area contributed by atoms with Crippen LogP contribution in [0.4, 0.5) is 0 Å². The van der Waals surface area contributed by atoms with E-state index in [-0.39, 0.29) is 0 Å².